The van der Waals surface area contributed by atoms with Gasteiger partial charge in [-0.3, -0.25) is 0 Å². The molecule has 5 aromatic rings. The minimum atomic E-state index is 0.617. The molecule has 0 bridgehead atoms. The zero-order valence-electron chi connectivity index (χ0n) is 20.1. The van der Waals surface area contributed by atoms with Crippen molar-refractivity contribution in [2.75, 3.05) is 26.4 Å². The summed E-state index contributed by atoms with van der Waals surface area (Å²) in [7, 11) is 0. The lowest BCUT2D eigenvalue weighted by Gasteiger charge is -2.10. The largest absolute Gasteiger partial charge is 0.490 e. The summed E-state index contributed by atoms with van der Waals surface area (Å²) >= 11 is 1.62. The van der Waals surface area contributed by atoms with E-state index in [4.69, 9.17) is 34.0 Å². The monoisotopic (exact) mass is 512 g/mol. The molecule has 7 rings (SSSR count). The van der Waals surface area contributed by atoms with Gasteiger partial charge in [0.05, 0.1) is 31.9 Å². The van der Waals surface area contributed by atoms with Crippen molar-refractivity contribution in [1.29, 1.82) is 0 Å². The molecule has 0 radical (unpaired) electrons. The van der Waals surface area contributed by atoms with Crippen molar-refractivity contribution >= 4 is 28.3 Å². The minimum Gasteiger partial charge on any atom is -0.490 e. The standard InChI is InChI=1S/C28H24N4O4S/c1-2-6-21-20(5-1)27-30-26(19-8-10-23-25(16-19)36-14-4-12-34-23)31-32(27)28(29-21)37-17-18-7-9-22-24(15-18)35-13-3-11-33-22/h1-2,5-10,15-16H,3-4,11-14,17H2. The highest BCUT2D eigenvalue weighted by Gasteiger charge is 2.18. The van der Waals surface area contributed by atoms with Crippen LogP contribution in [0, 0.1) is 0 Å². The van der Waals surface area contributed by atoms with E-state index in [1.807, 2.05) is 53.0 Å². The van der Waals surface area contributed by atoms with E-state index in [1.54, 1.807) is 11.8 Å². The Bertz CT molecular complexity index is 1620. The van der Waals surface area contributed by atoms with Crippen molar-refractivity contribution < 1.29 is 18.9 Å². The Morgan fingerprint density at radius 3 is 2.24 bits per heavy atom. The maximum atomic E-state index is 5.89. The van der Waals surface area contributed by atoms with E-state index in [0.717, 1.165) is 68.7 Å². The second kappa shape index (κ2) is 9.48. The number of nitrogens with zero attached hydrogens (tertiary/aromatic N) is 4. The predicted octanol–water partition coefficient (Wildman–Crippen LogP) is 5.56. The summed E-state index contributed by atoms with van der Waals surface area (Å²) in [5.74, 6) is 4.39. The van der Waals surface area contributed by atoms with Crippen LogP contribution in [0.4, 0.5) is 0 Å². The first kappa shape index (κ1) is 22.2. The van der Waals surface area contributed by atoms with Crippen LogP contribution in [0.2, 0.25) is 0 Å². The molecule has 37 heavy (non-hydrogen) atoms. The molecule has 0 atom stereocenters. The minimum absolute atomic E-state index is 0.617. The van der Waals surface area contributed by atoms with E-state index >= 15 is 0 Å². The Morgan fingerprint density at radius 2 is 1.43 bits per heavy atom. The van der Waals surface area contributed by atoms with Crippen molar-refractivity contribution in [1.82, 2.24) is 19.6 Å². The van der Waals surface area contributed by atoms with Crippen LogP contribution in [0.15, 0.2) is 65.8 Å². The highest BCUT2D eigenvalue weighted by molar-refractivity contribution is 7.98. The summed E-state index contributed by atoms with van der Waals surface area (Å²) in [6, 6.07) is 20.0. The molecule has 8 nitrogen and oxygen atoms in total. The Balaban J connectivity index is 1.26. The van der Waals surface area contributed by atoms with Crippen molar-refractivity contribution in [3.8, 4) is 34.4 Å². The second-order valence-corrected chi connectivity index (χ2v) is 9.86. The second-order valence-electron chi connectivity index (χ2n) is 8.91. The van der Waals surface area contributed by atoms with Gasteiger partial charge in [-0.15, -0.1) is 5.10 Å². The van der Waals surface area contributed by atoms with Gasteiger partial charge in [0.1, 0.15) is 0 Å². The number of thioether (sulfide) groups is 1. The molecule has 0 saturated carbocycles. The van der Waals surface area contributed by atoms with Gasteiger partial charge < -0.3 is 18.9 Å². The molecule has 9 heteroatoms. The van der Waals surface area contributed by atoms with Gasteiger partial charge in [-0.1, -0.05) is 30.0 Å². The Kier molecular flexibility index (Phi) is 5.70. The van der Waals surface area contributed by atoms with Crippen LogP contribution in [-0.4, -0.2) is 46.0 Å². The summed E-state index contributed by atoms with van der Waals surface area (Å²) in [6.07, 6.45) is 1.74. The van der Waals surface area contributed by atoms with Gasteiger partial charge in [-0.25, -0.2) is 9.97 Å². The van der Waals surface area contributed by atoms with Crippen molar-refractivity contribution in [3.63, 3.8) is 0 Å². The van der Waals surface area contributed by atoms with E-state index in [9.17, 15) is 0 Å². The third-order valence-electron chi connectivity index (χ3n) is 6.33. The number of hydrogen-bond acceptors (Lipinski definition) is 8. The topological polar surface area (TPSA) is 80.0 Å². The van der Waals surface area contributed by atoms with Crippen molar-refractivity contribution in [2.45, 2.75) is 23.8 Å². The fourth-order valence-electron chi connectivity index (χ4n) is 4.49. The maximum absolute atomic E-state index is 5.89. The van der Waals surface area contributed by atoms with Crippen LogP contribution in [0.25, 0.3) is 27.9 Å². The quantitative estimate of drug-likeness (QED) is 0.229. The molecule has 0 unspecified atom stereocenters. The average Bonchev–Trinajstić information content (AvgIpc) is 3.08. The lowest BCUT2D eigenvalue weighted by atomic mass is 10.2. The summed E-state index contributed by atoms with van der Waals surface area (Å²) in [5.41, 5.74) is 3.65. The number of ether oxygens (including phenoxy) is 4. The zero-order valence-corrected chi connectivity index (χ0v) is 20.9. The molecule has 0 aliphatic carbocycles. The van der Waals surface area contributed by atoms with Crippen LogP contribution in [0.3, 0.4) is 0 Å². The average molecular weight is 513 g/mol. The lowest BCUT2D eigenvalue weighted by Crippen LogP contribution is -1.99. The molecular weight excluding hydrogens is 488 g/mol. The first-order valence-electron chi connectivity index (χ1n) is 12.4. The number of fused-ring (bicyclic) bond motifs is 5. The molecule has 4 heterocycles. The molecule has 2 aromatic heterocycles. The van der Waals surface area contributed by atoms with Crippen molar-refractivity contribution in [3.05, 3.63) is 66.2 Å². The Labute approximate surface area is 217 Å². The van der Waals surface area contributed by atoms with Gasteiger partial charge in [0.15, 0.2) is 39.6 Å². The third-order valence-corrected chi connectivity index (χ3v) is 7.34. The van der Waals surface area contributed by atoms with E-state index in [0.29, 0.717) is 38.0 Å². The number of para-hydroxylation sites is 1. The molecule has 0 amide bonds. The zero-order chi connectivity index (χ0) is 24.6. The van der Waals surface area contributed by atoms with Crippen LogP contribution in [0.5, 0.6) is 23.0 Å². The lowest BCUT2D eigenvalue weighted by molar-refractivity contribution is 0.296. The summed E-state index contributed by atoms with van der Waals surface area (Å²) in [4.78, 5) is 9.87. The van der Waals surface area contributed by atoms with E-state index in [2.05, 4.69) is 12.1 Å². The summed E-state index contributed by atoms with van der Waals surface area (Å²) < 4.78 is 25.2. The first-order valence-corrected chi connectivity index (χ1v) is 13.4. The van der Waals surface area contributed by atoms with Crippen LogP contribution in [-0.2, 0) is 5.75 Å². The third kappa shape index (κ3) is 4.29. The SMILES string of the molecule is c1ccc2c(c1)nc(SCc1ccc3c(c1)OCCCO3)n1nc(-c3ccc4c(c3)OCCCO4)nc21. The normalized spacial score (nSPS) is 14.9. The highest BCUT2D eigenvalue weighted by atomic mass is 32.2. The van der Waals surface area contributed by atoms with Gasteiger partial charge in [0.25, 0.3) is 0 Å². The van der Waals surface area contributed by atoms with Gasteiger partial charge in [0, 0.05) is 29.5 Å². The molecule has 2 aliphatic heterocycles. The van der Waals surface area contributed by atoms with Gasteiger partial charge >= 0.3 is 0 Å². The summed E-state index contributed by atoms with van der Waals surface area (Å²) in [5, 5.41) is 6.61. The first-order chi connectivity index (χ1) is 18.3. The number of rotatable bonds is 4. The highest BCUT2D eigenvalue weighted by Crippen LogP contribution is 2.36. The maximum Gasteiger partial charge on any atom is 0.191 e. The Morgan fingerprint density at radius 1 is 0.730 bits per heavy atom. The fourth-order valence-corrected chi connectivity index (χ4v) is 5.38. The van der Waals surface area contributed by atoms with Gasteiger partial charge in [-0.05, 0) is 48.0 Å². The number of aromatic nitrogens is 4. The molecule has 0 saturated heterocycles. The molecule has 0 spiro atoms. The molecule has 0 N–H and O–H groups in total. The van der Waals surface area contributed by atoms with E-state index < -0.39 is 0 Å². The Hall–Kier alpha value is -3.98. The molecule has 186 valence electrons. The molecule has 0 fully saturated rings. The number of benzene rings is 3. The molecule has 3 aromatic carbocycles. The van der Waals surface area contributed by atoms with Gasteiger partial charge in [-0.2, -0.15) is 4.52 Å². The van der Waals surface area contributed by atoms with E-state index in [1.165, 1.54) is 0 Å². The van der Waals surface area contributed by atoms with Crippen LogP contribution < -0.4 is 18.9 Å². The van der Waals surface area contributed by atoms with Crippen LogP contribution in [0.1, 0.15) is 18.4 Å². The number of hydrogen-bond donors (Lipinski definition) is 0. The van der Waals surface area contributed by atoms with Crippen LogP contribution >= 0.6 is 11.8 Å². The molecular formula is C28H24N4O4S. The smallest absolute Gasteiger partial charge is 0.191 e. The molecule has 2 aliphatic rings. The van der Waals surface area contributed by atoms with Gasteiger partial charge in [0.2, 0.25) is 0 Å². The predicted molar refractivity (Wildman–Crippen MR) is 141 cm³/mol. The van der Waals surface area contributed by atoms with E-state index in [-0.39, 0.29) is 0 Å². The summed E-state index contributed by atoms with van der Waals surface area (Å²) in [6.45, 7) is 2.63. The fraction of sp³-hybridized carbons (Fsp3) is 0.250. The van der Waals surface area contributed by atoms with Crippen molar-refractivity contribution in [2.24, 2.45) is 0 Å².